The van der Waals surface area contributed by atoms with Gasteiger partial charge in [-0.2, -0.15) is 0 Å². The molecule has 1 aliphatic carbocycles. The largest absolute Gasteiger partial charge is 0.312 e. The fourth-order valence-electron chi connectivity index (χ4n) is 2.13. The minimum absolute atomic E-state index is 0.239. The first-order valence-electron chi connectivity index (χ1n) is 6.81. The van der Waals surface area contributed by atoms with Crippen molar-refractivity contribution >= 4 is 11.6 Å². The van der Waals surface area contributed by atoms with E-state index in [0.717, 1.165) is 19.0 Å². The molecule has 0 bridgehead atoms. The third-order valence-electron chi connectivity index (χ3n) is 3.89. The van der Waals surface area contributed by atoms with Gasteiger partial charge in [-0.15, -0.1) is 11.6 Å². The van der Waals surface area contributed by atoms with Crippen molar-refractivity contribution in [2.45, 2.75) is 45.6 Å². The molecule has 18 heavy (non-hydrogen) atoms. The van der Waals surface area contributed by atoms with Gasteiger partial charge in [-0.25, -0.2) is 0 Å². The summed E-state index contributed by atoms with van der Waals surface area (Å²) in [5.74, 6) is 0.795. The zero-order chi connectivity index (χ0) is 13.2. The SMILES string of the molecule is CC(C)(C)c1ccc(CNCC2(CCl)CC2)cc1. The molecule has 1 aromatic carbocycles. The Morgan fingerprint density at radius 3 is 2.22 bits per heavy atom. The molecule has 0 aromatic heterocycles. The van der Waals surface area contributed by atoms with Gasteiger partial charge in [0.05, 0.1) is 0 Å². The van der Waals surface area contributed by atoms with E-state index >= 15 is 0 Å². The molecule has 0 radical (unpaired) electrons. The highest BCUT2D eigenvalue weighted by molar-refractivity contribution is 6.18. The molecule has 0 aliphatic heterocycles. The highest BCUT2D eigenvalue weighted by Crippen LogP contribution is 2.45. The highest BCUT2D eigenvalue weighted by atomic mass is 35.5. The summed E-state index contributed by atoms with van der Waals surface area (Å²) in [6.45, 7) is 8.74. The van der Waals surface area contributed by atoms with E-state index in [1.165, 1.54) is 24.0 Å². The van der Waals surface area contributed by atoms with Gasteiger partial charge in [-0.05, 0) is 34.8 Å². The summed E-state index contributed by atoms with van der Waals surface area (Å²) in [7, 11) is 0. The molecule has 0 amide bonds. The molecule has 1 nitrogen and oxygen atoms in total. The number of benzene rings is 1. The molecule has 100 valence electrons. The minimum Gasteiger partial charge on any atom is -0.312 e. The van der Waals surface area contributed by atoms with E-state index in [1.54, 1.807) is 0 Å². The molecule has 1 fully saturated rings. The van der Waals surface area contributed by atoms with E-state index in [9.17, 15) is 0 Å². The van der Waals surface area contributed by atoms with Crippen LogP contribution >= 0.6 is 11.6 Å². The Labute approximate surface area is 116 Å². The van der Waals surface area contributed by atoms with Gasteiger partial charge >= 0.3 is 0 Å². The molecular weight excluding hydrogens is 242 g/mol. The van der Waals surface area contributed by atoms with Crippen molar-refractivity contribution in [3.05, 3.63) is 35.4 Å². The smallest absolute Gasteiger partial charge is 0.0292 e. The molecule has 0 unspecified atom stereocenters. The van der Waals surface area contributed by atoms with Gasteiger partial charge in [0.25, 0.3) is 0 Å². The number of hydrogen-bond acceptors (Lipinski definition) is 1. The summed E-state index contributed by atoms with van der Waals surface area (Å²) in [5.41, 5.74) is 3.40. The Balaban J connectivity index is 1.83. The van der Waals surface area contributed by atoms with Crippen LogP contribution in [0.1, 0.15) is 44.7 Å². The maximum atomic E-state index is 5.97. The average Bonchev–Trinajstić information content (AvgIpc) is 3.09. The highest BCUT2D eigenvalue weighted by Gasteiger charge is 2.40. The van der Waals surface area contributed by atoms with Crippen LogP contribution in [0.2, 0.25) is 0 Å². The third-order valence-corrected chi connectivity index (χ3v) is 4.46. The maximum absolute atomic E-state index is 5.97. The molecule has 0 spiro atoms. The summed E-state index contributed by atoms with van der Waals surface area (Å²) in [6, 6.07) is 8.94. The Bertz CT molecular complexity index is 385. The van der Waals surface area contributed by atoms with Gasteiger partial charge in [0.2, 0.25) is 0 Å². The predicted molar refractivity (Wildman–Crippen MR) is 79.2 cm³/mol. The van der Waals surface area contributed by atoms with Gasteiger partial charge < -0.3 is 5.32 Å². The van der Waals surface area contributed by atoms with Crippen molar-refractivity contribution in [1.29, 1.82) is 0 Å². The molecule has 2 heteroatoms. The zero-order valence-corrected chi connectivity index (χ0v) is 12.5. The monoisotopic (exact) mass is 265 g/mol. The third kappa shape index (κ3) is 3.49. The van der Waals surface area contributed by atoms with E-state index in [1.807, 2.05) is 0 Å². The second kappa shape index (κ2) is 5.22. The molecule has 1 aromatic rings. The lowest BCUT2D eigenvalue weighted by Gasteiger charge is -2.19. The van der Waals surface area contributed by atoms with Gasteiger partial charge in [0.15, 0.2) is 0 Å². The Hall–Kier alpha value is -0.530. The molecule has 1 saturated carbocycles. The molecule has 1 N–H and O–H groups in total. The van der Waals surface area contributed by atoms with Gasteiger partial charge in [-0.1, -0.05) is 45.0 Å². The Kier molecular flexibility index (Phi) is 4.03. The van der Waals surface area contributed by atoms with Crippen molar-refractivity contribution in [2.24, 2.45) is 5.41 Å². The first-order valence-corrected chi connectivity index (χ1v) is 7.35. The van der Waals surface area contributed by atoms with Crippen LogP contribution in [0.5, 0.6) is 0 Å². The van der Waals surface area contributed by atoms with Crippen LogP contribution < -0.4 is 5.32 Å². The molecular formula is C16H24ClN. The Morgan fingerprint density at radius 2 is 1.78 bits per heavy atom. The van der Waals surface area contributed by atoms with Crippen molar-refractivity contribution in [2.75, 3.05) is 12.4 Å². The topological polar surface area (TPSA) is 12.0 Å². The van der Waals surface area contributed by atoms with Crippen LogP contribution in [0.3, 0.4) is 0 Å². The normalized spacial score (nSPS) is 17.8. The second-order valence-corrected chi connectivity index (χ2v) is 6.95. The molecule has 2 rings (SSSR count). The lowest BCUT2D eigenvalue weighted by Crippen LogP contribution is -2.24. The van der Waals surface area contributed by atoms with Crippen LogP contribution in [0.15, 0.2) is 24.3 Å². The fraction of sp³-hybridized carbons (Fsp3) is 0.625. The number of nitrogens with one attached hydrogen (secondary N) is 1. The van der Waals surface area contributed by atoms with Gasteiger partial charge in [-0.3, -0.25) is 0 Å². The van der Waals surface area contributed by atoms with E-state index < -0.39 is 0 Å². The zero-order valence-electron chi connectivity index (χ0n) is 11.7. The fourth-order valence-corrected chi connectivity index (χ4v) is 2.49. The van der Waals surface area contributed by atoms with Crippen LogP contribution in [-0.2, 0) is 12.0 Å². The van der Waals surface area contributed by atoms with Crippen LogP contribution in [0, 0.1) is 5.41 Å². The summed E-state index contributed by atoms with van der Waals surface area (Å²) >= 11 is 5.97. The van der Waals surface area contributed by atoms with Crippen molar-refractivity contribution in [3.8, 4) is 0 Å². The molecule has 0 saturated heterocycles. The van der Waals surface area contributed by atoms with E-state index in [-0.39, 0.29) is 5.41 Å². The maximum Gasteiger partial charge on any atom is 0.0292 e. The minimum atomic E-state index is 0.239. The van der Waals surface area contributed by atoms with E-state index in [4.69, 9.17) is 11.6 Å². The predicted octanol–water partition coefficient (Wildman–Crippen LogP) is 4.09. The quantitative estimate of drug-likeness (QED) is 0.791. The summed E-state index contributed by atoms with van der Waals surface area (Å²) in [5, 5.41) is 3.53. The summed E-state index contributed by atoms with van der Waals surface area (Å²) in [6.07, 6.45) is 2.57. The molecule has 0 atom stereocenters. The van der Waals surface area contributed by atoms with Crippen molar-refractivity contribution < 1.29 is 0 Å². The van der Waals surface area contributed by atoms with E-state index in [0.29, 0.717) is 5.41 Å². The summed E-state index contributed by atoms with van der Waals surface area (Å²) < 4.78 is 0. The number of halogens is 1. The van der Waals surface area contributed by atoms with Gasteiger partial charge in [0.1, 0.15) is 0 Å². The second-order valence-electron chi connectivity index (χ2n) is 6.68. The van der Waals surface area contributed by atoms with Gasteiger partial charge in [0, 0.05) is 19.0 Å². The lowest BCUT2D eigenvalue weighted by atomic mass is 9.87. The van der Waals surface area contributed by atoms with Crippen LogP contribution in [0.25, 0.3) is 0 Å². The number of hydrogen-bond donors (Lipinski definition) is 1. The Morgan fingerprint density at radius 1 is 1.17 bits per heavy atom. The van der Waals surface area contributed by atoms with E-state index in [2.05, 4.69) is 50.4 Å². The molecule has 1 aliphatic rings. The summed E-state index contributed by atoms with van der Waals surface area (Å²) in [4.78, 5) is 0. The first kappa shape index (κ1) is 13.9. The van der Waals surface area contributed by atoms with Crippen LogP contribution in [-0.4, -0.2) is 12.4 Å². The van der Waals surface area contributed by atoms with Crippen LogP contribution in [0.4, 0.5) is 0 Å². The lowest BCUT2D eigenvalue weighted by molar-refractivity contribution is 0.504. The first-order chi connectivity index (χ1) is 8.45. The van der Waals surface area contributed by atoms with Crippen molar-refractivity contribution in [3.63, 3.8) is 0 Å². The van der Waals surface area contributed by atoms with Crippen molar-refractivity contribution in [1.82, 2.24) is 5.32 Å². The molecule has 0 heterocycles. The standard InChI is InChI=1S/C16H24ClN/c1-15(2,3)14-6-4-13(5-7-14)10-18-12-16(11-17)8-9-16/h4-7,18H,8-12H2,1-3H3. The average molecular weight is 266 g/mol. The number of rotatable bonds is 5. The number of alkyl halides is 1.